The molecule has 104 valence electrons. The Bertz CT molecular complexity index is 458. The number of aryl methyl sites for hydroxylation is 1. The molecule has 0 amide bonds. The standard InChI is InChI=1S/C16H18O.C2H6.H2/c1-2-8-14-9-7-12-16(13-14)17-15-10-5-3-4-6-11-15;1-2;/h3-5,7,9-13H,2,6,8H2,1H3;1-2H3;1H. The highest BCUT2D eigenvalue weighted by atomic mass is 16.5. The van der Waals surface area contributed by atoms with Gasteiger partial charge < -0.3 is 4.74 Å². The zero-order chi connectivity index (χ0) is 13.9. The highest BCUT2D eigenvalue weighted by molar-refractivity contribution is 5.32. The molecule has 1 aromatic rings. The molecule has 0 spiro atoms. The molecule has 0 saturated heterocycles. The van der Waals surface area contributed by atoms with E-state index in [1.54, 1.807) is 0 Å². The monoisotopic (exact) mass is 258 g/mol. The Morgan fingerprint density at radius 3 is 2.84 bits per heavy atom. The quantitative estimate of drug-likeness (QED) is 0.674. The molecule has 0 heterocycles. The number of ether oxygens (including phenoxy) is 1. The van der Waals surface area contributed by atoms with Crippen LogP contribution in [-0.2, 0) is 6.42 Å². The average Bonchev–Trinajstić information content (AvgIpc) is 2.71. The maximum absolute atomic E-state index is 5.86. The van der Waals surface area contributed by atoms with Gasteiger partial charge in [-0.2, -0.15) is 0 Å². The molecule has 0 aromatic heterocycles. The van der Waals surface area contributed by atoms with E-state index in [1.165, 1.54) is 5.56 Å². The van der Waals surface area contributed by atoms with E-state index in [0.717, 1.165) is 30.8 Å². The zero-order valence-electron chi connectivity index (χ0n) is 12.2. The molecular formula is C18H26O. The molecule has 0 radical (unpaired) electrons. The fraction of sp³-hybridized carbons (Fsp3) is 0.333. The van der Waals surface area contributed by atoms with Gasteiger partial charge in [-0.3, -0.25) is 0 Å². The summed E-state index contributed by atoms with van der Waals surface area (Å²) in [7, 11) is 0. The highest BCUT2D eigenvalue weighted by Crippen LogP contribution is 2.18. The maximum atomic E-state index is 5.86. The van der Waals surface area contributed by atoms with Gasteiger partial charge in [0, 0.05) is 1.43 Å². The predicted molar refractivity (Wildman–Crippen MR) is 85.5 cm³/mol. The third-order valence-corrected chi connectivity index (χ3v) is 2.64. The van der Waals surface area contributed by atoms with Crippen LogP contribution >= 0.6 is 0 Å². The summed E-state index contributed by atoms with van der Waals surface area (Å²) in [6, 6.07) is 8.33. The van der Waals surface area contributed by atoms with Crippen molar-refractivity contribution in [3.05, 3.63) is 66.0 Å². The van der Waals surface area contributed by atoms with E-state index in [0.29, 0.717) is 0 Å². The molecule has 1 aliphatic carbocycles. The first kappa shape index (κ1) is 15.3. The molecule has 0 unspecified atom stereocenters. The fourth-order valence-corrected chi connectivity index (χ4v) is 1.82. The molecule has 0 fully saturated rings. The second kappa shape index (κ2) is 9.21. The molecular weight excluding hydrogens is 232 g/mol. The van der Waals surface area contributed by atoms with E-state index < -0.39 is 0 Å². The Balaban J connectivity index is 0.00000115. The first-order chi connectivity index (χ1) is 9.38. The van der Waals surface area contributed by atoms with Gasteiger partial charge in [0.2, 0.25) is 0 Å². The number of hydrogen-bond acceptors (Lipinski definition) is 1. The van der Waals surface area contributed by atoms with Crippen molar-refractivity contribution in [2.75, 3.05) is 0 Å². The molecule has 0 saturated carbocycles. The molecule has 1 aliphatic rings. The van der Waals surface area contributed by atoms with E-state index >= 15 is 0 Å². The lowest BCUT2D eigenvalue weighted by atomic mass is 10.1. The predicted octanol–water partition coefficient (Wildman–Crippen LogP) is 5.69. The van der Waals surface area contributed by atoms with Crippen LogP contribution in [0.1, 0.15) is 40.6 Å². The smallest absolute Gasteiger partial charge is 0.127 e. The molecule has 2 rings (SSSR count). The van der Waals surface area contributed by atoms with Gasteiger partial charge in [0.15, 0.2) is 0 Å². The SMILES string of the molecule is CC.CCCc1cccc(OC2=CCC=CC=C2)c1.[HH]. The number of rotatable bonds is 4. The van der Waals surface area contributed by atoms with Crippen molar-refractivity contribution in [3.8, 4) is 5.75 Å². The van der Waals surface area contributed by atoms with Crippen LogP contribution in [0.25, 0.3) is 0 Å². The maximum Gasteiger partial charge on any atom is 0.127 e. The average molecular weight is 258 g/mol. The van der Waals surface area contributed by atoms with Crippen molar-refractivity contribution >= 4 is 0 Å². The van der Waals surface area contributed by atoms with Gasteiger partial charge in [-0.1, -0.05) is 57.6 Å². The summed E-state index contributed by atoms with van der Waals surface area (Å²) >= 11 is 0. The van der Waals surface area contributed by atoms with Crippen molar-refractivity contribution in [2.24, 2.45) is 0 Å². The van der Waals surface area contributed by atoms with Crippen LogP contribution in [0.4, 0.5) is 0 Å². The Morgan fingerprint density at radius 1 is 1.21 bits per heavy atom. The minimum atomic E-state index is 0. The van der Waals surface area contributed by atoms with Crippen LogP contribution in [0.15, 0.2) is 60.4 Å². The van der Waals surface area contributed by atoms with Crippen LogP contribution in [0.5, 0.6) is 5.75 Å². The second-order valence-electron chi connectivity index (χ2n) is 4.13. The van der Waals surface area contributed by atoms with Gasteiger partial charge in [0.25, 0.3) is 0 Å². The van der Waals surface area contributed by atoms with Gasteiger partial charge >= 0.3 is 0 Å². The topological polar surface area (TPSA) is 9.23 Å². The molecule has 1 nitrogen and oxygen atoms in total. The van der Waals surface area contributed by atoms with E-state index in [2.05, 4.69) is 37.3 Å². The second-order valence-corrected chi connectivity index (χ2v) is 4.13. The third kappa shape index (κ3) is 5.60. The Morgan fingerprint density at radius 2 is 2.05 bits per heavy atom. The van der Waals surface area contributed by atoms with Gasteiger partial charge in [-0.15, -0.1) is 0 Å². The van der Waals surface area contributed by atoms with Crippen molar-refractivity contribution in [2.45, 2.75) is 40.0 Å². The molecule has 19 heavy (non-hydrogen) atoms. The first-order valence-corrected chi connectivity index (χ1v) is 7.18. The highest BCUT2D eigenvalue weighted by Gasteiger charge is 1.99. The molecule has 0 atom stereocenters. The lowest BCUT2D eigenvalue weighted by Gasteiger charge is -2.07. The Kier molecular flexibility index (Phi) is 7.41. The van der Waals surface area contributed by atoms with Crippen LogP contribution < -0.4 is 4.74 Å². The van der Waals surface area contributed by atoms with Crippen LogP contribution in [0, 0.1) is 0 Å². The van der Waals surface area contributed by atoms with Crippen molar-refractivity contribution in [3.63, 3.8) is 0 Å². The van der Waals surface area contributed by atoms with E-state index in [9.17, 15) is 0 Å². The van der Waals surface area contributed by atoms with Crippen LogP contribution in [0.3, 0.4) is 0 Å². The van der Waals surface area contributed by atoms with E-state index in [-0.39, 0.29) is 1.43 Å². The summed E-state index contributed by atoms with van der Waals surface area (Å²) in [5.41, 5.74) is 1.33. The largest absolute Gasteiger partial charge is 0.458 e. The summed E-state index contributed by atoms with van der Waals surface area (Å²) in [4.78, 5) is 0. The lowest BCUT2D eigenvalue weighted by molar-refractivity contribution is 0.442. The summed E-state index contributed by atoms with van der Waals surface area (Å²) < 4.78 is 5.86. The minimum absolute atomic E-state index is 0. The van der Waals surface area contributed by atoms with Crippen molar-refractivity contribution in [1.82, 2.24) is 0 Å². The normalized spacial score (nSPS) is 13.1. The summed E-state index contributed by atoms with van der Waals surface area (Å²) in [6.45, 7) is 6.19. The molecule has 0 N–H and O–H groups in total. The summed E-state index contributed by atoms with van der Waals surface area (Å²) in [5.74, 6) is 1.84. The van der Waals surface area contributed by atoms with Gasteiger partial charge in [-0.05, 0) is 42.7 Å². The third-order valence-electron chi connectivity index (χ3n) is 2.64. The van der Waals surface area contributed by atoms with Gasteiger partial charge in [-0.25, -0.2) is 0 Å². The van der Waals surface area contributed by atoms with Crippen molar-refractivity contribution < 1.29 is 6.16 Å². The van der Waals surface area contributed by atoms with Crippen LogP contribution in [0.2, 0.25) is 0 Å². The number of benzene rings is 1. The van der Waals surface area contributed by atoms with E-state index in [4.69, 9.17) is 4.74 Å². The summed E-state index contributed by atoms with van der Waals surface area (Å²) in [5, 5.41) is 0. The Hall–Kier alpha value is -1.76. The van der Waals surface area contributed by atoms with Gasteiger partial charge in [0.1, 0.15) is 11.5 Å². The minimum Gasteiger partial charge on any atom is -0.458 e. The Labute approximate surface area is 118 Å². The molecule has 0 aliphatic heterocycles. The van der Waals surface area contributed by atoms with Crippen molar-refractivity contribution in [1.29, 1.82) is 0 Å². The zero-order valence-corrected chi connectivity index (χ0v) is 12.2. The summed E-state index contributed by atoms with van der Waals surface area (Å²) in [6.07, 6.45) is 13.4. The number of hydrogen-bond donors (Lipinski definition) is 0. The van der Waals surface area contributed by atoms with E-state index in [1.807, 2.05) is 38.1 Å². The van der Waals surface area contributed by atoms with Crippen LogP contribution in [-0.4, -0.2) is 0 Å². The first-order valence-electron chi connectivity index (χ1n) is 7.18. The molecule has 1 heteroatoms. The lowest BCUT2D eigenvalue weighted by Crippen LogP contribution is -1.93. The molecule has 0 bridgehead atoms. The van der Waals surface area contributed by atoms with Gasteiger partial charge in [0.05, 0.1) is 0 Å². The molecule has 1 aromatic carbocycles. The number of allylic oxidation sites excluding steroid dienone is 5. The fourth-order valence-electron chi connectivity index (χ4n) is 1.82.